The predicted molar refractivity (Wildman–Crippen MR) is 113 cm³/mol. The SMILES string of the molecule is CC1CCC(NC(=O)Nc2ccccc2)(c2nnnn2-c2ccc3c(c2)OCO3)CC1. The van der Waals surface area contributed by atoms with Crippen molar-refractivity contribution in [2.45, 2.75) is 38.1 Å². The van der Waals surface area contributed by atoms with Gasteiger partial charge < -0.3 is 20.1 Å². The zero-order valence-corrected chi connectivity index (χ0v) is 17.2. The summed E-state index contributed by atoms with van der Waals surface area (Å²) in [4.78, 5) is 12.9. The Balaban J connectivity index is 1.47. The number of hydrogen-bond acceptors (Lipinski definition) is 6. The number of anilines is 1. The van der Waals surface area contributed by atoms with Gasteiger partial charge in [-0.05, 0) is 66.3 Å². The van der Waals surface area contributed by atoms with Crippen LogP contribution in [0.25, 0.3) is 5.69 Å². The number of ether oxygens (including phenoxy) is 2. The van der Waals surface area contributed by atoms with Gasteiger partial charge in [0.05, 0.1) is 5.69 Å². The highest BCUT2D eigenvalue weighted by molar-refractivity contribution is 5.89. The van der Waals surface area contributed by atoms with E-state index in [2.05, 4.69) is 33.1 Å². The summed E-state index contributed by atoms with van der Waals surface area (Å²) in [5.41, 5.74) is 0.813. The van der Waals surface area contributed by atoms with Crippen LogP contribution in [-0.4, -0.2) is 33.0 Å². The van der Waals surface area contributed by atoms with Crippen LogP contribution >= 0.6 is 0 Å². The molecule has 0 atom stereocenters. The number of benzene rings is 2. The maximum atomic E-state index is 12.9. The van der Waals surface area contributed by atoms with Gasteiger partial charge in [0.15, 0.2) is 17.3 Å². The molecule has 2 N–H and O–H groups in total. The highest BCUT2D eigenvalue weighted by Gasteiger charge is 2.42. The molecule has 9 nitrogen and oxygen atoms in total. The van der Waals surface area contributed by atoms with E-state index in [-0.39, 0.29) is 12.8 Å². The molecular formula is C22H24N6O3. The first-order chi connectivity index (χ1) is 15.1. The topological polar surface area (TPSA) is 103 Å². The molecule has 1 fully saturated rings. The van der Waals surface area contributed by atoms with Crippen molar-refractivity contribution in [3.8, 4) is 17.2 Å². The fourth-order valence-corrected chi connectivity index (χ4v) is 4.24. The number of carbonyl (C=O) groups excluding carboxylic acids is 1. The highest BCUT2D eigenvalue weighted by Crippen LogP contribution is 2.40. The number of fused-ring (bicyclic) bond motifs is 1. The zero-order valence-electron chi connectivity index (χ0n) is 17.2. The van der Waals surface area contributed by atoms with E-state index in [1.165, 1.54) is 0 Å². The Morgan fingerprint density at radius 1 is 1.10 bits per heavy atom. The first kappa shape index (κ1) is 19.3. The lowest BCUT2D eigenvalue weighted by molar-refractivity contribution is 0.174. The van der Waals surface area contributed by atoms with Crippen molar-refractivity contribution in [3.63, 3.8) is 0 Å². The average molecular weight is 420 g/mol. The number of tetrazole rings is 1. The molecule has 0 spiro atoms. The molecule has 2 heterocycles. The second kappa shape index (κ2) is 7.90. The Bertz CT molecular complexity index is 1080. The van der Waals surface area contributed by atoms with Crippen LogP contribution in [0.5, 0.6) is 11.5 Å². The van der Waals surface area contributed by atoms with Crippen LogP contribution < -0.4 is 20.1 Å². The second-order valence-electron chi connectivity index (χ2n) is 8.16. The largest absolute Gasteiger partial charge is 0.454 e. The van der Waals surface area contributed by atoms with Crippen LogP contribution in [0.2, 0.25) is 0 Å². The van der Waals surface area contributed by atoms with Crippen LogP contribution in [0.3, 0.4) is 0 Å². The second-order valence-corrected chi connectivity index (χ2v) is 8.16. The number of carbonyl (C=O) groups is 1. The molecule has 0 radical (unpaired) electrons. The van der Waals surface area contributed by atoms with E-state index >= 15 is 0 Å². The summed E-state index contributed by atoms with van der Waals surface area (Å²) in [7, 11) is 0. The van der Waals surface area contributed by atoms with E-state index in [1.54, 1.807) is 4.68 Å². The molecule has 0 saturated heterocycles. The fraction of sp³-hybridized carbons (Fsp3) is 0.364. The molecule has 1 aromatic heterocycles. The predicted octanol–water partition coefficient (Wildman–Crippen LogP) is 3.62. The van der Waals surface area contributed by atoms with Crippen LogP contribution in [-0.2, 0) is 5.54 Å². The number of para-hydroxylation sites is 1. The Labute approximate surface area is 179 Å². The summed E-state index contributed by atoms with van der Waals surface area (Å²) >= 11 is 0. The summed E-state index contributed by atoms with van der Waals surface area (Å²) in [6, 6.07) is 14.7. The van der Waals surface area contributed by atoms with Crippen molar-refractivity contribution in [3.05, 3.63) is 54.4 Å². The van der Waals surface area contributed by atoms with E-state index in [0.29, 0.717) is 23.2 Å². The minimum atomic E-state index is -0.675. The molecule has 1 saturated carbocycles. The quantitative estimate of drug-likeness (QED) is 0.668. The molecule has 9 heteroatoms. The Morgan fingerprint density at radius 3 is 2.68 bits per heavy atom. The molecular weight excluding hydrogens is 396 g/mol. The molecule has 3 aromatic rings. The smallest absolute Gasteiger partial charge is 0.320 e. The number of hydrogen-bond donors (Lipinski definition) is 2. The van der Waals surface area contributed by atoms with Gasteiger partial charge in [0.1, 0.15) is 5.54 Å². The monoisotopic (exact) mass is 420 g/mol. The summed E-state index contributed by atoms with van der Waals surface area (Å²) in [6.07, 6.45) is 3.45. The summed E-state index contributed by atoms with van der Waals surface area (Å²) < 4.78 is 12.6. The van der Waals surface area contributed by atoms with Crippen molar-refractivity contribution in [2.24, 2.45) is 5.92 Å². The zero-order chi connectivity index (χ0) is 21.3. The average Bonchev–Trinajstić information content (AvgIpc) is 3.45. The fourth-order valence-electron chi connectivity index (χ4n) is 4.24. The number of nitrogens with one attached hydrogen (secondary N) is 2. The third-order valence-electron chi connectivity index (χ3n) is 6.01. The molecule has 2 amide bonds. The Hall–Kier alpha value is -3.62. The van der Waals surface area contributed by atoms with E-state index in [1.807, 2.05) is 48.5 Å². The minimum absolute atomic E-state index is 0.199. The molecule has 0 bridgehead atoms. The van der Waals surface area contributed by atoms with Gasteiger partial charge in [-0.15, -0.1) is 5.10 Å². The van der Waals surface area contributed by atoms with Gasteiger partial charge in [-0.1, -0.05) is 25.1 Å². The van der Waals surface area contributed by atoms with E-state index < -0.39 is 5.54 Å². The summed E-state index contributed by atoms with van der Waals surface area (Å²) in [5.74, 6) is 2.54. The third kappa shape index (κ3) is 3.78. The molecule has 160 valence electrons. The molecule has 2 aromatic carbocycles. The highest BCUT2D eigenvalue weighted by atomic mass is 16.7. The van der Waals surface area contributed by atoms with E-state index in [0.717, 1.165) is 37.1 Å². The molecule has 31 heavy (non-hydrogen) atoms. The number of urea groups is 1. The first-order valence-electron chi connectivity index (χ1n) is 10.5. The standard InChI is InChI=1S/C22H24N6O3/c1-15-9-11-22(12-10-15,24-21(29)23-16-5-3-2-4-6-16)20-25-26-27-28(20)17-7-8-18-19(13-17)31-14-30-18/h2-8,13,15H,9-12,14H2,1H3,(H2,23,24,29). The van der Waals surface area contributed by atoms with Crippen LogP contribution in [0.1, 0.15) is 38.4 Å². The van der Waals surface area contributed by atoms with Gasteiger partial charge in [-0.2, -0.15) is 4.68 Å². The van der Waals surface area contributed by atoms with Gasteiger partial charge in [0, 0.05) is 11.8 Å². The Morgan fingerprint density at radius 2 is 1.87 bits per heavy atom. The van der Waals surface area contributed by atoms with E-state index in [9.17, 15) is 4.79 Å². The lowest BCUT2D eigenvalue weighted by Crippen LogP contribution is -2.51. The number of amides is 2. The summed E-state index contributed by atoms with van der Waals surface area (Å²) in [6.45, 7) is 2.43. The van der Waals surface area contributed by atoms with Crippen LogP contribution in [0.4, 0.5) is 10.5 Å². The molecule has 2 aliphatic rings. The van der Waals surface area contributed by atoms with Crippen molar-refractivity contribution in [1.82, 2.24) is 25.5 Å². The summed E-state index contributed by atoms with van der Waals surface area (Å²) in [5, 5.41) is 18.6. The van der Waals surface area contributed by atoms with Crippen molar-refractivity contribution in [2.75, 3.05) is 12.1 Å². The molecule has 1 aliphatic carbocycles. The maximum Gasteiger partial charge on any atom is 0.320 e. The van der Waals surface area contributed by atoms with Crippen LogP contribution in [0.15, 0.2) is 48.5 Å². The van der Waals surface area contributed by atoms with Gasteiger partial charge in [0.25, 0.3) is 0 Å². The third-order valence-corrected chi connectivity index (χ3v) is 6.01. The van der Waals surface area contributed by atoms with Gasteiger partial charge in [0.2, 0.25) is 6.79 Å². The lowest BCUT2D eigenvalue weighted by Gasteiger charge is -2.38. The Kier molecular flexibility index (Phi) is 4.93. The van der Waals surface area contributed by atoms with Crippen LogP contribution in [0, 0.1) is 5.92 Å². The normalized spacial score (nSPS) is 22.2. The number of aromatic nitrogens is 4. The molecule has 5 rings (SSSR count). The van der Waals surface area contributed by atoms with Crippen molar-refractivity contribution in [1.29, 1.82) is 0 Å². The maximum absolute atomic E-state index is 12.9. The lowest BCUT2D eigenvalue weighted by atomic mass is 9.76. The van der Waals surface area contributed by atoms with E-state index in [4.69, 9.17) is 9.47 Å². The number of nitrogens with zero attached hydrogens (tertiary/aromatic N) is 4. The molecule has 1 aliphatic heterocycles. The minimum Gasteiger partial charge on any atom is -0.454 e. The molecule has 0 unspecified atom stereocenters. The van der Waals surface area contributed by atoms with Crippen molar-refractivity contribution < 1.29 is 14.3 Å². The van der Waals surface area contributed by atoms with Crippen molar-refractivity contribution >= 4 is 11.7 Å². The van der Waals surface area contributed by atoms with Gasteiger partial charge >= 0.3 is 6.03 Å². The number of rotatable bonds is 4. The van der Waals surface area contributed by atoms with Gasteiger partial charge in [-0.25, -0.2) is 4.79 Å². The first-order valence-corrected chi connectivity index (χ1v) is 10.5. The van der Waals surface area contributed by atoms with Gasteiger partial charge in [-0.3, -0.25) is 0 Å².